The Morgan fingerprint density at radius 1 is 1.17 bits per heavy atom. The number of nitrogen functional groups attached to an aromatic ring is 1. The second-order valence-electron chi connectivity index (χ2n) is 3.97. The van der Waals surface area contributed by atoms with Crippen molar-refractivity contribution in [1.29, 1.82) is 0 Å². The van der Waals surface area contributed by atoms with E-state index < -0.39 is 11.7 Å². The third-order valence-corrected chi connectivity index (χ3v) is 2.63. The molecule has 0 saturated heterocycles. The van der Waals surface area contributed by atoms with E-state index in [0.29, 0.717) is 17.2 Å². The van der Waals surface area contributed by atoms with E-state index >= 15 is 0 Å². The molecule has 1 heterocycles. The van der Waals surface area contributed by atoms with Gasteiger partial charge in [0.15, 0.2) is 5.82 Å². The minimum atomic E-state index is -4.43. The average Bonchev–Trinajstić information content (AvgIpc) is 2.58. The molecule has 0 saturated carbocycles. The van der Waals surface area contributed by atoms with Gasteiger partial charge in [0.1, 0.15) is 5.82 Å². The normalized spacial score (nSPS) is 11.8. The first-order valence-corrected chi connectivity index (χ1v) is 5.13. The van der Waals surface area contributed by atoms with Crippen LogP contribution >= 0.6 is 0 Å². The van der Waals surface area contributed by atoms with Crippen LogP contribution in [0.3, 0.4) is 0 Å². The van der Waals surface area contributed by atoms with E-state index in [-0.39, 0.29) is 5.69 Å². The third kappa shape index (κ3) is 2.15. The Morgan fingerprint density at radius 3 is 2.33 bits per heavy atom. The van der Waals surface area contributed by atoms with Crippen molar-refractivity contribution in [3.63, 3.8) is 0 Å². The summed E-state index contributed by atoms with van der Waals surface area (Å²) in [4.78, 5) is 0. The predicted octanol–water partition coefficient (Wildman–Crippen LogP) is 2.39. The minimum absolute atomic E-state index is 0.0421. The fourth-order valence-corrected chi connectivity index (χ4v) is 1.60. The Balaban J connectivity index is 2.59. The van der Waals surface area contributed by atoms with Crippen LogP contribution in [0.4, 0.5) is 18.9 Å². The van der Waals surface area contributed by atoms with Crippen molar-refractivity contribution in [2.45, 2.75) is 13.1 Å². The molecule has 2 rings (SSSR count). The van der Waals surface area contributed by atoms with Crippen molar-refractivity contribution < 1.29 is 13.2 Å². The van der Waals surface area contributed by atoms with Gasteiger partial charge in [-0.3, -0.25) is 0 Å². The van der Waals surface area contributed by atoms with Crippen LogP contribution in [0.15, 0.2) is 18.2 Å². The Labute approximate surface area is 101 Å². The summed E-state index contributed by atoms with van der Waals surface area (Å²) in [6.07, 6.45) is -4.43. The van der Waals surface area contributed by atoms with Gasteiger partial charge in [-0.2, -0.15) is 13.2 Å². The number of benzene rings is 1. The molecule has 0 spiro atoms. The van der Waals surface area contributed by atoms with Crippen molar-refractivity contribution in [3.05, 3.63) is 29.6 Å². The Kier molecular flexibility index (Phi) is 2.76. The number of halogens is 3. The highest BCUT2D eigenvalue weighted by atomic mass is 19.4. The molecule has 0 aliphatic carbocycles. The van der Waals surface area contributed by atoms with Gasteiger partial charge in [0.2, 0.25) is 0 Å². The fourth-order valence-electron chi connectivity index (χ4n) is 1.60. The van der Waals surface area contributed by atoms with Gasteiger partial charge in [-0.15, -0.1) is 10.2 Å². The number of nitrogens with two attached hydrogens (primary N) is 1. The van der Waals surface area contributed by atoms with Gasteiger partial charge in [-0.1, -0.05) is 0 Å². The second kappa shape index (κ2) is 4.01. The molecule has 0 bridgehead atoms. The van der Waals surface area contributed by atoms with Crippen LogP contribution in [0.25, 0.3) is 11.4 Å². The highest BCUT2D eigenvalue weighted by molar-refractivity contribution is 5.63. The number of anilines is 1. The molecule has 2 aromatic rings. The molecule has 0 radical (unpaired) electrons. The highest BCUT2D eigenvalue weighted by Gasteiger charge is 2.31. The monoisotopic (exact) mass is 256 g/mol. The van der Waals surface area contributed by atoms with Gasteiger partial charge in [-0.05, 0) is 25.1 Å². The van der Waals surface area contributed by atoms with Gasteiger partial charge >= 0.3 is 6.18 Å². The lowest BCUT2D eigenvalue weighted by atomic mass is 10.1. The number of hydrogen-bond acceptors (Lipinski definition) is 3. The van der Waals surface area contributed by atoms with Crippen LogP contribution in [-0.4, -0.2) is 14.8 Å². The number of hydrogen-bond donors (Lipinski definition) is 1. The van der Waals surface area contributed by atoms with Crippen LogP contribution in [0.5, 0.6) is 0 Å². The van der Waals surface area contributed by atoms with Crippen LogP contribution in [-0.2, 0) is 13.2 Å². The molecule has 0 aliphatic heterocycles. The van der Waals surface area contributed by atoms with E-state index in [0.717, 1.165) is 12.1 Å². The first-order valence-electron chi connectivity index (χ1n) is 5.13. The van der Waals surface area contributed by atoms with Crippen molar-refractivity contribution in [2.24, 2.45) is 7.05 Å². The van der Waals surface area contributed by atoms with Gasteiger partial charge in [-0.25, -0.2) is 0 Å². The maximum Gasteiger partial charge on any atom is 0.416 e. The molecule has 2 N–H and O–H groups in total. The molecule has 0 aliphatic rings. The first-order chi connectivity index (χ1) is 8.29. The summed E-state index contributed by atoms with van der Waals surface area (Å²) >= 11 is 0. The van der Waals surface area contributed by atoms with Crippen LogP contribution in [0.2, 0.25) is 0 Å². The van der Waals surface area contributed by atoms with Crippen molar-refractivity contribution in [2.75, 3.05) is 5.73 Å². The smallest absolute Gasteiger partial charge is 0.399 e. The average molecular weight is 256 g/mol. The van der Waals surface area contributed by atoms with Crippen molar-refractivity contribution in [3.8, 4) is 11.4 Å². The number of rotatable bonds is 1. The number of nitrogens with zero attached hydrogens (tertiary/aromatic N) is 3. The second-order valence-corrected chi connectivity index (χ2v) is 3.97. The zero-order valence-electron chi connectivity index (χ0n) is 9.78. The number of aromatic nitrogens is 3. The Hall–Kier alpha value is -2.05. The van der Waals surface area contributed by atoms with Gasteiger partial charge < -0.3 is 10.3 Å². The summed E-state index contributed by atoms with van der Waals surface area (Å²) in [6, 6.07) is 3.35. The van der Waals surface area contributed by atoms with Crippen molar-refractivity contribution in [1.82, 2.24) is 14.8 Å². The zero-order valence-corrected chi connectivity index (χ0v) is 9.78. The largest absolute Gasteiger partial charge is 0.416 e. The first kappa shape index (κ1) is 12.4. The predicted molar refractivity (Wildman–Crippen MR) is 60.6 cm³/mol. The Morgan fingerprint density at radius 2 is 1.83 bits per heavy atom. The summed E-state index contributed by atoms with van der Waals surface area (Å²) < 4.78 is 39.6. The molecule has 18 heavy (non-hydrogen) atoms. The van der Waals surface area contributed by atoms with E-state index in [9.17, 15) is 13.2 Å². The minimum Gasteiger partial charge on any atom is -0.399 e. The number of alkyl halides is 3. The molecule has 4 nitrogen and oxygen atoms in total. The third-order valence-electron chi connectivity index (χ3n) is 2.63. The lowest BCUT2D eigenvalue weighted by Gasteiger charge is -2.10. The Bertz CT molecular complexity index is 586. The van der Waals surface area contributed by atoms with Crippen molar-refractivity contribution >= 4 is 5.69 Å². The molecule has 0 atom stereocenters. The summed E-state index contributed by atoms with van der Waals surface area (Å²) in [5, 5.41) is 7.64. The summed E-state index contributed by atoms with van der Waals surface area (Å²) in [6.45, 7) is 1.72. The van der Waals surface area contributed by atoms with Gasteiger partial charge in [0.25, 0.3) is 0 Å². The van der Waals surface area contributed by atoms with E-state index in [1.165, 1.54) is 6.07 Å². The molecular formula is C11H11F3N4. The topological polar surface area (TPSA) is 56.7 Å². The maximum atomic E-state index is 12.7. The lowest BCUT2D eigenvalue weighted by molar-refractivity contribution is -0.137. The lowest BCUT2D eigenvalue weighted by Crippen LogP contribution is -2.06. The number of aryl methyl sites for hydroxylation is 1. The SMILES string of the molecule is Cc1nnc(-c2cc(N)cc(C(F)(F)F)c2)n1C. The standard InChI is InChI=1S/C11H11F3N4/c1-6-16-17-10(18(6)2)7-3-8(11(12,13)14)5-9(15)4-7/h3-5H,15H2,1-2H3. The van der Waals surface area contributed by atoms with E-state index in [4.69, 9.17) is 5.73 Å². The molecule has 1 aromatic heterocycles. The van der Waals surface area contributed by atoms with Crippen LogP contribution < -0.4 is 5.73 Å². The fraction of sp³-hybridized carbons (Fsp3) is 0.273. The van der Waals surface area contributed by atoms with Gasteiger partial charge in [0.05, 0.1) is 5.56 Å². The molecule has 7 heteroatoms. The van der Waals surface area contributed by atoms with E-state index in [1.807, 2.05) is 0 Å². The molecule has 96 valence electrons. The molecule has 0 unspecified atom stereocenters. The van der Waals surface area contributed by atoms with Crippen LogP contribution in [0.1, 0.15) is 11.4 Å². The summed E-state index contributed by atoms with van der Waals surface area (Å²) in [5.74, 6) is 0.964. The van der Waals surface area contributed by atoms with Crippen LogP contribution in [0, 0.1) is 6.92 Å². The molecular weight excluding hydrogens is 245 g/mol. The van der Waals surface area contributed by atoms with E-state index in [1.54, 1.807) is 18.5 Å². The highest BCUT2D eigenvalue weighted by Crippen LogP contribution is 2.33. The molecule has 0 amide bonds. The summed E-state index contributed by atoms with van der Waals surface area (Å²) in [7, 11) is 1.68. The molecule has 0 fully saturated rings. The molecule has 1 aromatic carbocycles. The zero-order chi connectivity index (χ0) is 13.5. The summed E-state index contributed by atoms with van der Waals surface area (Å²) in [5.41, 5.74) is 5.04. The van der Waals surface area contributed by atoms with E-state index in [2.05, 4.69) is 10.2 Å². The quantitative estimate of drug-likeness (QED) is 0.797. The maximum absolute atomic E-state index is 12.7. The van der Waals surface area contributed by atoms with Gasteiger partial charge in [0, 0.05) is 18.3 Å².